The minimum absolute atomic E-state index is 0. The maximum atomic E-state index is 12.6. The molecule has 0 unspecified atom stereocenters. The maximum absolute atomic E-state index is 12.6. The molecule has 5 aromatic rings. The summed E-state index contributed by atoms with van der Waals surface area (Å²) in [5.41, 5.74) is 1.26. The second-order valence-electron chi connectivity index (χ2n) is 8.27. The summed E-state index contributed by atoms with van der Waals surface area (Å²) in [5, 5.41) is 31.4. The zero-order chi connectivity index (χ0) is 27.8. The van der Waals surface area contributed by atoms with Gasteiger partial charge in [-0.1, -0.05) is 48.2 Å². The second kappa shape index (κ2) is 13.2. The molecule has 15 heteroatoms. The Morgan fingerprint density at radius 1 is 0.610 bits per heavy atom. The summed E-state index contributed by atoms with van der Waals surface area (Å²) in [5.74, 6) is -0.420. The van der Waals surface area contributed by atoms with Crippen LogP contribution in [-0.4, -0.2) is 25.9 Å². The quantitative estimate of drug-likeness (QED) is 0.161. The minimum Gasteiger partial charge on any atom is -0.871 e. The Morgan fingerprint density at radius 2 is 1.17 bits per heavy atom. The summed E-state index contributed by atoms with van der Waals surface area (Å²) in [6.45, 7) is 0. The van der Waals surface area contributed by atoms with Crippen molar-refractivity contribution in [1.29, 1.82) is 0 Å². The van der Waals surface area contributed by atoms with E-state index in [2.05, 4.69) is 20.5 Å². The smallest absolute Gasteiger partial charge is 0.871 e. The van der Waals surface area contributed by atoms with E-state index in [9.17, 15) is 31.0 Å². The second-order valence-corrected chi connectivity index (χ2v) is 11.1. The maximum Gasteiger partial charge on any atom is 1.00 e. The molecule has 0 atom stereocenters. The predicted molar refractivity (Wildman–Crippen MR) is 140 cm³/mol. The van der Waals surface area contributed by atoms with Crippen LogP contribution in [0.4, 0.5) is 22.7 Å². The van der Waals surface area contributed by atoms with Crippen LogP contribution in [0.5, 0.6) is 5.75 Å². The molecule has 0 heterocycles. The SMILES string of the molecule is O=S(=O)([O-])c1ccc(N=Nc2ccc(N=Nc3c([O-])ccc4cc(S(=O)(=O)O)ccc34)c3ccccc23)cc1.[Na+].[Na+]. The van der Waals surface area contributed by atoms with Crippen molar-refractivity contribution in [2.75, 3.05) is 0 Å². The molecule has 0 saturated carbocycles. The monoisotopic (exact) mass is 606 g/mol. The van der Waals surface area contributed by atoms with E-state index >= 15 is 0 Å². The van der Waals surface area contributed by atoms with Crippen LogP contribution >= 0.6 is 0 Å². The Hall–Kier alpha value is -2.56. The number of azo groups is 2. The molecule has 41 heavy (non-hydrogen) atoms. The van der Waals surface area contributed by atoms with Crippen molar-refractivity contribution >= 4 is 64.5 Å². The molecule has 0 bridgehead atoms. The van der Waals surface area contributed by atoms with Crippen LogP contribution in [0, 0.1) is 0 Å². The topological polar surface area (TPSA) is 184 Å². The van der Waals surface area contributed by atoms with Crippen LogP contribution in [0.25, 0.3) is 21.5 Å². The van der Waals surface area contributed by atoms with Crippen LogP contribution in [-0.2, 0) is 20.2 Å². The van der Waals surface area contributed by atoms with Gasteiger partial charge in [0.2, 0.25) is 0 Å². The number of nitrogens with zero attached hydrogens (tertiary/aromatic N) is 4. The summed E-state index contributed by atoms with van der Waals surface area (Å²) in [7, 11) is -8.98. The molecule has 0 radical (unpaired) electrons. The number of hydrogen-bond donors (Lipinski definition) is 1. The van der Waals surface area contributed by atoms with E-state index < -0.39 is 26.0 Å². The van der Waals surface area contributed by atoms with E-state index in [4.69, 9.17) is 0 Å². The largest absolute Gasteiger partial charge is 1.00 e. The first-order chi connectivity index (χ1) is 18.5. The summed E-state index contributed by atoms with van der Waals surface area (Å²) < 4.78 is 65.6. The Balaban J connectivity index is 0.00000231. The molecule has 0 spiro atoms. The van der Waals surface area contributed by atoms with Crippen LogP contribution < -0.4 is 64.2 Å². The van der Waals surface area contributed by atoms with Crippen LogP contribution in [0.1, 0.15) is 0 Å². The molecule has 0 amide bonds. The van der Waals surface area contributed by atoms with Gasteiger partial charge in [0.25, 0.3) is 10.1 Å². The molecular formula is C26H16N4Na2O7S2. The minimum atomic E-state index is -4.56. The van der Waals surface area contributed by atoms with E-state index in [1.54, 1.807) is 36.4 Å². The first kappa shape index (κ1) is 32.9. The van der Waals surface area contributed by atoms with Gasteiger partial charge < -0.3 is 9.66 Å². The van der Waals surface area contributed by atoms with Gasteiger partial charge in [-0.2, -0.15) is 18.6 Å². The van der Waals surface area contributed by atoms with E-state index in [0.717, 1.165) is 12.1 Å². The number of rotatable bonds is 6. The van der Waals surface area contributed by atoms with Gasteiger partial charge in [-0.15, -0.1) is 10.2 Å². The van der Waals surface area contributed by atoms with Gasteiger partial charge >= 0.3 is 59.1 Å². The first-order valence-electron chi connectivity index (χ1n) is 11.1. The third kappa shape index (κ3) is 7.45. The van der Waals surface area contributed by atoms with Crippen molar-refractivity contribution in [2.45, 2.75) is 9.79 Å². The fraction of sp³-hybridized carbons (Fsp3) is 0. The van der Waals surface area contributed by atoms with Gasteiger partial charge in [-0.05, 0) is 53.9 Å². The molecule has 0 aromatic heterocycles. The normalized spacial score (nSPS) is 12.0. The molecule has 1 N–H and O–H groups in total. The summed E-state index contributed by atoms with van der Waals surface area (Å²) in [4.78, 5) is -0.674. The fourth-order valence-electron chi connectivity index (χ4n) is 3.87. The van der Waals surface area contributed by atoms with Gasteiger partial charge in [0.05, 0.1) is 32.5 Å². The molecule has 0 fully saturated rings. The number of benzene rings is 5. The van der Waals surface area contributed by atoms with Crippen LogP contribution in [0.15, 0.2) is 121 Å². The van der Waals surface area contributed by atoms with E-state index in [0.29, 0.717) is 38.6 Å². The van der Waals surface area contributed by atoms with Crippen molar-refractivity contribution in [3.05, 3.63) is 91.0 Å². The molecule has 5 aromatic carbocycles. The molecular weight excluding hydrogens is 590 g/mol. The van der Waals surface area contributed by atoms with E-state index in [1.807, 2.05) is 0 Å². The van der Waals surface area contributed by atoms with Crippen molar-refractivity contribution in [2.24, 2.45) is 20.5 Å². The van der Waals surface area contributed by atoms with Crippen LogP contribution in [0.3, 0.4) is 0 Å². The van der Waals surface area contributed by atoms with Crippen molar-refractivity contribution in [3.63, 3.8) is 0 Å². The van der Waals surface area contributed by atoms with Gasteiger partial charge in [0, 0.05) is 16.2 Å². The molecule has 0 aliphatic heterocycles. The molecule has 5 rings (SSSR count). The van der Waals surface area contributed by atoms with Gasteiger partial charge in [-0.25, -0.2) is 8.42 Å². The van der Waals surface area contributed by atoms with Crippen molar-refractivity contribution < 1.29 is 90.2 Å². The third-order valence-electron chi connectivity index (χ3n) is 5.76. The molecule has 11 nitrogen and oxygen atoms in total. The number of fused-ring (bicyclic) bond motifs is 2. The average molecular weight is 607 g/mol. The zero-order valence-corrected chi connectivity index (χ0v) is 27.3. The van der Waals surface area contributed by atoms with Gasteiger partial charge in [-0.3, -0.25) is 4.55 Å². The Bertz CT molecular complexity index is 2040. The predicted octanol–water partition coefficient (Wildman–Crippen LogP) is 0.0562. The third-order valence-corrected chi connectivity index (χ3v) is 7.46. The van der Waals surface area contributed by atoms with E-state index in [1.165, 1.54) is 42.5 Å². The molecule has 0 aliphatic carbocycles. The zero-order valence-electron chi connectivity index (χ0n) is 21.7. The van der Waals surface area contributed by atoms with Crippen LogP contribution in [0.2, 0.25) is 0 Å². The Kier molecular flexibility index (Phi) is 10.6. The molecule has 196 valence electrons. The summed E-state index contributed by atoms with van der Waals surface area (Å²) in [6.07, 6.45) is 0. The Morgan fingerprint density at radius 3 is 1.73 bits per heavy atom. The van der Waals surface area contributed by atoms with Gasteiger partial charge in [0.1, 0.15) is 10.1 Å². The summed E-state index contributed by atoms with van der Waals surface area (Å²) >= 11 is 0. The molecule has 0 aliphatic rings. The Labute approximate surface area is 279 Å². The van der Waals surface area contributed by atoms with Gasteiger partial charge in [0.15, 0.2) is 0 Å². The number of hydrogen-bond acceptors (Lipinski definition) is 10. The molecule has 0 saturated heterocycles. The standard InChI is InChI=1S/C26H18N4O7S2.2Na/c31-25-14-5-16-15-19(39(35,36)37)10-11-20(16)26(25)30-29-24-13-12-23(21-3-1-2-4-22(21)24)28-27-17-6-8-18(9-7-17)38(32,33)34;;/h1-15,31H,(H,32,33,34)(H,35,36,37);;/q;2*+1/p-2. The van der Waals surface area contributed by atoms with Crippen molar-refractivity contribution in [3.8, 4) is 5.75 Å². The van der Waals surface area contributed by atoms with Crippen molar-refractivity contribution in [1.82, 2.24) is 0 Å². The fourth-order valence-corrected chi connectivity index (χ4v) is 4.86. The average Bonchev–Trinajstić information content (AvgIpc) is 2.90. The summed E-state index contributed by atoms with van der Waals surface area (Å²) in [6, 6.07) is 22.0. The van der Waals surface area contributed by atoms with E-state index in [-0.39, 0.29) is 74.6 Å². The first-order valence-corrected chi connectivity index (χ1v) is 14.0.